The van der Waals surface area contributed by atoms with Crippen molar-refractivity contribution in [3.05, 3.63) is 41.9 Å². The molecule has 0 radical (unpaired) electrons. The van der Waals surface area contributed by atoms with Gasteiger partial charge in [0.2, 0.25) is 0 Å². The Labute approximate surface area is 127 Å². The van der Waals surface area contributed by atoms with Crippen LogP contribution in [0.3, 0.4) is 0 Å². The van der Waals surface area contributed by atoms with Gasteiger partial charge in [0.25, 0.3) is 0 Å². The molecule has 0 saturated carbocycles. The number of aromatic amines is 1. The highest BCUT2D eigenvalue weighted by molar-refractivity contribution is 5.87. The largest absolute Gasteiger partial charge is 0.457 e. The van der Waals surface area contributed by atoms with Gasteiger partial charge in [0, 0.05) is 23.6 Å². The van der Waals surface area contributed by atoms with Gasteiger partial charge in [0.15, 0.2) is 12.4 Å². The number of para-hydroxylation sites is 1. The van der Waals surface area contributed by atoms with E-state index in [1.54, 1.807) is 4.68 Å². The number of rotatable bonds is 6. The van der Waals surface area contributed by atoms with Crippen LogP contribution in [0.2, 0.25) is 0 Å². The van der Waals surface area contributed by atoms with Crippen LogP contribution < -0.4 is 0 Å². The third-order valence-electron chi connectivity index (χ3n) is 3.41. The molecule has 1 N–H and O–H groups in total. The van der Waals surface area contributed by atoms with Crippen LogP contribution >= 0.6 is 0 Å². The molecular formula is C15H17N5O2. The summed E-state index contributed by atoms with van der Waals surface area (Å²) in [5.74, 6) is 0.268. The Morgan fingerprint density at radius 3 is 3.09 bits per heavy atom. The number of aromatic nitrogens is 5. The molecule has 0 unspecified atom stereocenters. The smallest absolute Gasteiger partial charge is 0.310 e. The Hall–Kier alpha value is -2.70. The van der Waals surface area contributed by atoms with E-state index >= 15 is 0 Å². The first-order valence-electron chi connectivity index (χ1n) is 7.23. The summed E-state index contributed by atoms with van der Waals surface area (Å²) in [5, 5.41) is 12.4. The minimum atomic E-state index is -0.296. The third kappa shape index (κ3) is 2.98. The van der Waals surface area contributed by atoms with Gasteiger partial charge in [-0.1, -0.05) is 25.1 Å². The predicted octanol–water partition coefficient (Wildman–Crippen LogP) is 1.85. The van der Waals surface area contributed by atoms with Crippen molar-refractivity contribution in [2.45, 2.75) is 32.9 Å². The van der Waals surface area contributed by atoms with Gasteiger partial charge in [0.1, 0.15) is 0 Å². The molecule has 0 saturated heterocycles. The highest BCUT2D eigenvalue weighted by Gasteiger charge is 2.12. The van der Waals surface area contributed by atoms with Gasteiger partial charge in [-0.3, -0.25) is 4.79 Å². The molecule has 0 atom stereocenters. The molecule has 0 bridgehead atoms. The van der Waals surface area contributed by atoms with Crippen molar-refractivity contribution in [3.8, 4) is 0 Å². The quantitative estimate of drug-likeness (QED) is 0.702. The number of nitrogens with zero attached hydrogens (tertiary/aromatic N) is 4. The normalized spacial score (nSPS) is 11.0. The van der Waals surface area contributed by atoms with Crippen molar-refractivity contribution in [2.24, 2.45) is 0 Å². The van der Waals surface area contributed by atoms with Gasteiger partial charge >= 0.3 is 5.97 Å². The summed E-state index contributed by atoms with van der Waals surface area (Å²) >= 11 is 0. The minimum Gasteiger partial charge on any atom is -0.457 e. The number of nitrogens with one attached hydrogen (secondary N) is 1. The van der Waals surface area contributed by atoms with Gasteiger partial charge in [-0.05, 0) is 28.5 Å². The van der Waals surface area contributed by atoms with Crippen molar-refractivity contribution in [1.29, 1.82) is 0 Å². The molecule has 0 aliphatic carbocycles. The van der Waals surface area contributed by atoms with Crippen LogP contribution in [0.25, 0.3) is 10.9 Å². The van der Waals surface area contributed by atoms with Crippen LogP contribution in [0, 0.1) is 0 Å². The molecule has 3 rings (SSSR count). The molecule has 7 heteroatoms. The molecule has 0 spiro atoms. The number of tetrazole rings is 1. The van der Waals surface area contributed by atoms with Crippen molar-refractivity contribution < 1.29 is 9.53 Å². The third-order valence-corrected chi connectivity index (χ3v) is 3.41. The Morgan fingerprint density at radius 2 is 2.23 bits per heavy atom. The second-order valence-corrected chi connectivity index (χ2v) is 5.02. The fourth-order valence-corrected chi connectivity index (χ4v) is 2.34. The number of aryl methyl sites for hydroxylation is 1. The number of esters is 1. The van der Waals surface area contributed by atoms with Crippen molar-refractivity contribution in [3.63, 3.8) is 0 Å². The molecule has 0 aliphatic rings. The average Bonchev–Trinajstić information content (AvgIpc) is 3.13. The molecule has 2 heterocycles. The van der Waals surface area contributed by atoms with E-state index in [2.05, 4.69) is 20.5 Å². The predicted molar refractivity (Wildman–Crippen MR) is 79.9 cm³/mol. The summed E-state index contributed by atoms with van der Waals surface area (Å²) in [6.07, 6.45) is 2.98. The van der Waals surface area contributed by atoms with Crippen LogP contribution in [0.1, 0.15) is 24.7 Å². The Morgan fingerprint density at radius 1 is 1.36 bits per heavy atom. The second kappa shape index (κ2) is 6.38. The van der Waals surface area contributed by atoms with E-state index in [-0.39, 0.29) is 19.0 Å². The first-order valence-corrected chi connectivity index (χ1v) is 7.23. The molecule has 0 fully saturated rings. The number of hydrogen-bond donors (Lipinski definition) is 1. The van der Waals surface area contributed by atoms with Gasteiger partial charge in [-0.2, -0.15) is 0 Å². The molecule has 114 valence electrons. The molecule has 0 aliphatic heterocycles. The molecule has 3 aromatic rings. The summed E-state index contributed by atoms with van der Waals surface area (Å²) in [7, 11) is 0. The lowest BCUT2D eigenvalue weighted by molar-refractivity contribution is -0.144. The number of carbonyl (C=O) groups excluding carboxylic acids is 1. The Bertz CT molecular complexity index is 777. The molecule has 7 nitrogen and oxygen atoms in total. The molecule has 1 aromatic carbocycles. The lowest BCUT2D eigenvalue weighted by Gasteiger charge is -2.05. The first kappa shape index (κ1) is 14.2. The number of hydrogen-bond acceptors (Lipinski definition) is 5. The Balaban J connectivity index is 1.62. The molecule has 0 amide bonds. The van der Waals surface area contributed by atoms with Crippen LogP contribution in [-0.2, 0) is 29.1 Å². The van der Waals surface area contributed by atoms with E-state index in [9.17, 15) is 4.79 Å². The molecule has 2 aromatic heterocycles. The van der Waals surface area contributed by atoms with Crippen molar-refractivity contribution in [1.82, 2.24) is 25.2 Å². The summed E-state index contributed by atoms with van der Waals surface area (Å²) in [6, 6.07) is 7.86. The van der Waals surface area contributed by atoms with Crippen molar-refractivity contribution in [2.75, 3.05) is 0 Å². The van der Waals surface area contributed by atoms with Crippen LogP contribution in [-0.4, -0.2) is 31.2 Å². The fourth-order valence-electron chi connectivity index (χ4n) is 2.34. The zero-order valence-corrected chi connectivity index (χ0v) is 12.3. The number of ether oxygens (including phenoxy) is 1. The summed E-state index contributed by atoms with van der Waals surface area (Å²) in [5.41, 5.74) is 1.94. The fraction of sp³-hybridized carbons (Fsp3) is 0.333. The van der Waals surface area contributed by atoms with E-state index in [0.717, 1.165) is 22.9 Å². The second-order valence-electron chi connectivity index (χ2n) is 5.02. The molecule has 22 heavy (non-hydrogen) atoms. The highest BCUT2D eigenvalue weighted by Crippen LogP contribution is 2.18. The van der Waals surface area contributed by atoms with Gasteiger partial charge in [-0.15, -0.1) is 5.10 Å². The number of carbonyl (C=O) groups is 1. The maximum atomic E-state index is 12.0. The number of fused-ring (bicyclic) bond motifs is 1. The number of H-pyrrole nitrogens is 1. The zero-order chi connectivity index (χ0) is 15.4. The standard InChI is InChI=1S/C15H17N5O2/c1-2-7-20-14(17-18-19-20)10-22-15(21)8-11-9-16-13-6-4-3-5-12(11)13/h3-6,9,16H,2,7-8,10H2,1H3. The highest BCUT2D eigenvalue weighted by atomic mass is 16.5. The lowest BCUT2D eigenvalue weighted by Crippen LogP contribution is -2.12. The SMILES string of the molecule is CCCn1nnnc1COC(=O)Cc1c[nH]c2ccccc12. The van der Waals surface area contributed by atoms with E-state index in [1.807, 2.05) is 37.4 Å². The molecular weight excluding hydrogens is 282 g/mol. The monoisotopic (exact) mass is 299 g/mol. The van der Waals surface area contributed by atoms with Gasteiger partial charge in [-0.25, -0.2) is 4.68 Å². The van der Waals surface area contributed by atoms with E-state index < -0.39 is 0 Å². The zero-order valence-electron chi connectivity index (χ0n) is 12.3. The minimum absolute atomic E-state index is 0.0915. The van der Waals surface area contributed by atoms with Crippen molar-refractivity contribution >= 4 is 16.9 Å². The number of benzene rings is 1. The van der Waals surface area contributed by atoms with Gasteiger partial charge < -0.3 is 9.72 Å². The first-order chi connectivity index (χ1) is 10.8. The van der Waals surface area contributed by atoms with E-state index in [4.69, 9.17) is 4.74 Å². The average molecular weight is 299 g/mol. The van der Waals surface area contributed by atoms with Crippen LogP contribution in [0.4, 0.5) is 0 Å². The van der Waals surface area contributed by atoms with Crippen LogP contribution in [0.5, 0.6) is 0 Å². The van der Waals surface area contributed by atoms with E-state index in [1.165, 1.54) is 0 Å². The Kier molecular flexibility index (Phi) is 4.13. The summed E-state index contributed by atoms with van der Waals surface area (Å²) in [6.45, 7) is 2.84. The maximum Gasteiger partial charge on any atom is 0.310 e. The summed E-state index contributed by atoms with van der Waals surface area (Å²) < 4.78 is 6.93. The lowest BCUT2D eigenvalue weighted by atomic mass is 10.1. The summed E-state index contributed by atoms with van der Waals surface area (Å²) in [4.78, 5) is 15.1. The van der Waals surface area contributed by atoms with Crippen LogP contribution in [0.15, 0.2) is 30.5 Å². The maximum absolute atomic E-state index is 12.0. The van der Waals surface area contributed by atoms with E-state index in [0.29, 0.717) is 12.4 Å². The topological polar surface area (TPSA) is 85.7 Å². The van der Waals surface area contributed by atoms with Gasteiger partial charge in [0.05, 0.1) is 6.42 Å².